The molecule has 24 heavy (non-hydrogen) atoms. The molecule has 2 aromatic heterocycles. The minimum absolute atomic E-state index is 0.0766. The number of aryl methyl sites for hydroxylation is 1. The Morgan fingerprint density at radius 1 is 1.21 bits per heavy atom. The number of fused-ring (bicyclic) bond motifs is 1. The quantitative estimate of drug-likeness (QED) is 0.725. The van der Waals surface area contributed by atoms with Crippen molar-refractivity contribution in [1.29, 1.82) is 0 Å². The van der Waals surface area contributed by atoms with Crippen LogP contribution in [0.25, 0.3) is 11.0 Å². The van der Waals surface area contributed by atoms with Crippen LogP contribution in [-0.2, 0) is 11.2 Å². The zero-order valence-electron chi connectivity index (χ0n) is 14.0. The van der Waals surface area contributed by atoms with E-state index >= 15 is 0 Å². The molecular weight excluding hydrogens is 306 g/mol. The first-order valence-corrected chi connectivity index (χ1v) is 8.09. The third kappa shape index (κ3) is 3.61. The van der Waals surface area contributed by atoms with Crippen LogP contribution in [0.3, 0.4) is 0 Å². The predicted molar refractivity (Wildman–Crippen MR) is 89.4 cm³/mol. The Kier molecular flexibility index (Phi) is 4.59. The Morgan fingerprint density at radius 2 is 1.96 bits per heavy atom. The van der Waals surface area contributed by atoms with E-state index in [0.717, 1.165) is 16.9 Å². The number of carbonyl (C=O) groups is 1. The van der Waals surface area contributed by atoms with E-state index in [-0.39, 0.29) is 17.9 Å². The van der Waals surface area contributed by atoms with Crippen LogP contribution < -0.4 is 5.32 Å². The van der Waals surface area contributed by atoms with Gasteiger partial charge in [-0.25, -0.2) is 4.98 Å². The van der Waals surface area contributed by atoms with E-state index in [4.69, 9.17) is 4.42 Å². The fraction of sp³-hybridized carbons (Fsp3) is 0.412. The summed E-state index contributed by atoms with van der Waals surface area (Å²) in [7, 11) is 0. The molecule has 7 nitrogen and oxygen atoms in total. The largest absolute Gasteiger partial charge is 0.423 e. The highest BCUT2D eigenvalue weighted by molar-refractivity contribution is 5.77. The minimum Gasteiger partial charge on any atom is -0.423 e. The number of hydrogen-bond donors (Lipinski definition) is 2. The van der Waals surface area contributed by atoms with Gasteiger partial charge in [0.2, 0.25) is 17.7 Å². The van der Waals surface area contributed by atoms with Gasteiger partial charge in [0.25, 0.3) is 0 Å². The molecule has 0 saturated carbocycles. The van der Waals surface area contributed by atoms with Crippen LogP contribution >= 0.6 is 0 Å². The molecule has 0 radical (unpaired) electrons. The van der Waals surface area contributed by atoms with Crippen LogP contribution in [0.1, 0.15) is 56.8 Å². The Morgan fingerprint density at radius 3 is 2.67 bits per heavy atom. The summed E-state index contributed by atoms with van der Waals surface area (Å²) in [6.07, 6.45) is 0.893. The molecule has 0 saturated heterocycles. The fourth-order valence-corrected chi connectivity index (χ4v) is 2.39. The molecule has 3 aromatic rings. The van der Waals surface area contributed by atoms with Gasteiger partial charge in [-0.3, -0.25) is 4.79 Å². The summed E-state index contributed by atoms with van der Waals surface area (Å²) in [4.78, 5) is 19.8. The Bertz CT molecular complexity index is 803. The van der Waals surface area contributed by atoms with Crippen molar-refractivity contribution in [2.75, 3.05) is 0 Å². The van der Waals surface area contributed by atoms with Crippen LogP contribution in [0.15, 0.2) is 28.7 Å². The maximum Gasteiger partial charge on any atom is 0.238 e. The molecule has 2 N–H and O–H groups in total. The van der Waals surface area contributed by atoms with E-state index in [1.165, 1.54) is 0 Å². The van der Waals surface area contributed by atoms with Gasteiger partial charge in [0.1, 0.15) is 11.9 Å². The number of benzene rings is 1. The number of nitrogens with one attached hydrogen (secondary N) is 2. The zero-order chi connectivity index (χ0) is 17.1. The standard InChI is InChI=1S/C17H21N5O2/c1-10(2)16-21-22-17(24-16)11(3)18-15(23)9-8-14-19-12-6-4-5-7-13(12)20-14/h4-7,10-11H,8-9H2,1-3H3,(H,18,23)(H,19,20). The minimum atomic E-state index is -0.312. The summed E-state index contributed by atoms with van der Waals surface area (Å²) >= 11 is 0. The summed E-state index contributed by atoms with van der Waals surface area (Å²) in [6, 6.07) is 7.49. The van der Waals surface area contributed by atoms with E-state index in [1.54, 1.807) is 0 Å². The molecule has 0 bridgehead atoms. The second-order valence-corrected chi connectivity index (χ2v) is 6.12. The lowest BCUT2D eigenvalue weighted by Gasteiger charge is -2.09. The Hall–Kier alpha value is -2.70. The molecule has 126 valence electrons. The summed E-state index contributed by atoms with van der Waals surface area (Å²) < 4.78 is 5.55. The van der Waals surface area contributed by atoms with Crippen molar-refractivity contribution in [3.63, 3.8) is 0 Å². The van der Waals surface area contributed by atoms with E-state index < -0.39 is 0 Å². The van der Waals surface area contributed by atoms with Crippen molar-refractivity contribution in [3.8, 4) is 0 Å². The zero-order valence-corrected chi connectivity index (χ0v) is 14.0. The van der Waals surface area contributed by atoms with Gasteiger partial charge >= 0.3 is 0 Å². The lowest BCUT2D eigenvalue weighted by molar-refractivity contribution is -0.121. The van der Waals surface area contributed by atoms with Crippen LogP contribution in [-0.4, -0.2) is 26.1 Å². The Labute approximate surface area is 139 Å². The molecular formula is C17H21N5O2. The summed E-state index contributed by atoms with van der Waals surface area (Å²) in [5.41, 5.74) is 1.89. The molecule has 0 spiro atoms. The molecule has 7 heteroatoms. The fourth-order valence-electron chi connectivity index (χ4n) is 2.39. The lowest BCUT2D eigenvalue weighted by Crippen LogP contribution is -2.27. The van der Waals surface area contributed by atoms with Crippen molar-refractivity contribution in [3.05, 3.63) is 41.9 Å². The number of H-pyrrole nitrogens is 1. The first kappa shape index (κ1) is 16.2. The molecule has 1 atom stereocenters. The van der Waals surface area contributed by atoms with E-state index in [9.17, 15) is 4.79 Å². The maximum atomic E-state index is 12.1. The summed E-state index contributed by atoms with van der Waals surface area (Å²) in [5, 5.41) is 10.8. The normalized spacial score (nSPS) is 12.7. The first-order chi connectivity index (χ1) is 11.5. The van der Waals surface area contributed by atoms with Crippen LogP contribution in [0.4, 0.5) is 0 Å². The summed E-state index contributed by atoms with van der Waals surface area (Å²) in [6.45, 7) is 5.79. The van der Waals surface area contributed by atoms with Gasteiger partial charge in [0.05, 0.1) is 11.0 Å². The van der Waals surface area contributed by atoms with Crippen molar-refractivity contribution in [2.45, 2.75) is 45.6 Å². The van der Waals surface area contributed by atoms with Gasteiger partial charge in [0.15, 0.2) is 0 Å². The van der Waals surface area contributed by atoms with Crippen molar-refractivity contribution in [1.82, 2.24) is 25.5 Å². The van der Waals surface area contributed by atoms with Gasteiger partial charge < -0.3 is 14.7 Å². The Balaban J connectivity index is 1.54. The van der Waals surface area contributed by atoms with Gasteiger partial charge in [-0.1, -0.05) is 26.0 Å². The highest BCUT2D eigenvalue weighted by Gasteiger charge is 2.17. The molecule has 2 heterocycles. The van der Waals surface area contributed by atoms with Crippen LogP contribution in [0.2, 0.25) is 0 Å². The smallest absolute Gasteiger partial charge is 0.238 e. The molecule has 0 aliphatic carbocycles. The summed E-state index contributed by atoms with van der Waals surface area (Å²) in [5.74, 6) is 1.90. The van der Waals surface area contributed by atoms with E-state index in [0.29, 0.717) is 24.6 Å². The lowest BCUT2D eigenvalue weighted by atomic mass is 10.2. The number of amides is 1. The second kappa shape index (κ2) is 6.82. The highest BCUT2D eigenvalue weighted by atomic mass is 16.4. The molecule has 0 fully saturated rings. The molecule has 0 aliphatic rings. The molecule has 1 aromatic carbocycles. The third-order valence-electron chi connectivity index (χ3n) is 3.73. The highest BCUT2D eigenvalue weighted by Crippen LogP contribution is 2.17. The molecule has 1 amide bonds. The maximum absolute atomic E-state index is 12.1. The van der Waals surface area contributed by atoms with Crippen LogP contribution in [0.5, 0.6) is 0 Å². The van der Waals surface area contributed by atoms with Gasteiger partial charge in [0, 0.05) is 18.8 Å². The average Bonchev–Trinajstić information content (AvgIpc) is 3.19. The number of rotatable bonds is 6. The number of imidazole rings is 1. The van der Waals surface area contributed by atoms with E-state index in [2.05, 4.69) is 25.5 Å². The van der Waals surface area contributed by atoms with Gasteiger partial charge in [-0.15, -0.1) is 10.2 Å². The van der Waals surface area contributed by atoms with Gasteiger partial charge in [-0.05, 0) is 19.1 Å². The molecule has 3 rings (SSSR count). The third-order valence-corrected chi connectivity index (χ3v) is 3.73. The number of aromatic nitrogens is 4. The first-order valence-electron chi connectivity index (χ1n) is 8.09. The number of nitrogens with zero attached hydrogens (tertiary/aromatic N) is 3. The van der Waals surface area contributed by atoms with Crippen molar-refractivity contribution < 1.29 is 9.21 Å². The van der Waals surface area contributed by atoms with Gasteiger partial charge in [-0.2, -0.15) is 0 Å². The second-order valence-electron chi connectivity index (χ2n) is 6.12. The topological polar surface area (TPSA) is 96.7 Å². The monoisotopic (exact) mass is 327 g/mol. The number of hydrogen-bond acceptors (Lipinski definition) is 5. The number of aromatic amines is 1. The average molecular weight is 327 g/mol. The molecule has 0 aliphatic heterocycles. The predicted octanol–water partition coefficient (Wildman–Crippen LogP) is 2.88. The van der Waals surface area contributed by atoms with E-state index in [1.807, 2.05) is 45.0 Å². The van der Waals surface area contributed by atoms with Crippen molar-refractivity contribution >= 4 is 16.9 Å². The number of carbonyl (C=O) groups excluding carboxylic acids is 1. The molecule has 1 unspecified atom stereocenters. The SMILES string of the molecule is CC(C)c1nnc(C(C)NC(=O)CCc2nc3ccccc3[nH]2)o1. The van der Waals surface area contributed by atoms with Crippen LogP contribution in [0, 0.1) is 0 Å². The number of para-hydroxylation sites is 2. The van der Waals surface area contributed by atoms with Crippen molar-refractivity contribution in [2.24, 2.45) is 0 Å².